The van der Waals surface area contributed by atoms with E-state index in [9.17, 15) is 4.79 Å². The molecule has 0 saturated heterocycles. The Labute approximate surface area is 197 Å². The van der Waals surface area contributed by atoms with Gasteiger partial charge in [-0.3, -0.25) is 19.6 Å². The van der Waals surface area contributed by atoms with Crippen LogP contribution in [0.3, 0.4) is 0 Å². The van der Waals surface area contributed by atoms with Gasteiger partial charge >= 0.3 is 6.09 Å². The lowest BCUT2D eigenvalue weighted by Gasteiger charge is -2.15. The summed E-state index contributed by atoms with van der Waals surface area (Å²) in [6, 6.07) is 19.8. The molecule has 1 aliphatic heterocycles. The Morgan fingerprint density at radius 3 is 2.56 bits per heavy atom. The Hall–Kier alpha value is -4.27. The number of hydrogen-bond donors (Lipinski definition) is 1. The van der Waals surface area contributed by atoms with E-state index in [0.29, 0.717) is 18.2 Å². The predicted octanol–water partition coefficient (Wildman–Crippen LogP) is 3.67. The fourth-order valence-electron chi connectivity index (χ4n) is 4.18. The van der Waals surface area contributed by atoms with Crippen LogP contribution in [0.4, 0.5) is 4.79 Å². The van der Waals surface area contributed by atoms with Crippen molar-refractivity contribution in [3.8, 4) is 5.69 Å². The Bertz CT molecular complexity index is 1370. The summed E-state index contributed by atoms with van der Waals surface area (Å²) >= 11 is 0. The smallest absolute Gasteiger partial charge is 0.409 e. The van der Waals surface area contributed by atoms with Crippen LogP contribution < -0.4 is 5.32 Å². The predicted molar refractivity (Wildman–Crippen MR) is 127 cm³/mol. The van der Waals surface area contributed by atoms with Crippen molar-refractivity contribution in [3.63, 3.8) is 0 Å². The highest BCUT2D eigenvalue weighted by molar-refractivity contribution is 6.15. The second-order valence-corrected chi connectivity index (χ2v) is 8.13. The van der Waals surface area contributed by atoms with Crippen molar-refractivity contribution in [2.45, 2.75) is 33.5 Å². The van der Waals surface area contributed by atoms with Crippen LogP contribution in [0.15, 0.2) is 65.7 Å². The van der Waals surface area contributed by atoms with Gasteiger partial charge < -0.3 is 4.74 Å². The first-order valence-corrected chi connectivity index (χ1v) is 11.1. The molecule has 1 amide bonds. The number of carbonyl (C=O) groups is 1. The first-order valence-electron chi connectivity index (χ1n) is 11.1. The first-order chi connectivity index (χ1) is 16.5. The Kier molecular flexibility index (Phi) is 5.67. The van der Waals surface area contributed by atoms with E-state index in [0.717, 1.165) is 33.9 Å². The number of benzene rings is 2. The zero-order valence-electron chi connectivity index (χ0n) is 19.3. The van der Waals surface area contributed by atoms with Crippen molar-refractivity contribution in [2.24, 2.45) is 4.99 Å². The van der Waals surface area contributed by atoms with E-state index < -0.39 is 12.3 Å². The molecule has 0 radical (unpaired) electrons. The van der Waals surface area contributed by atoms with Gasteiger partial charge in [-0.15, -0.1) is 10.2 Å². The topological polar surface area (TPSA) is 99.2 Å². The summed E-state index contributed by atoms with van der Waals surface area (Å²) in [5.41, 5.74) is 5.48. The van der Waals surface area contributed by atoms with Crippen LogP contribution in [-0.2, 0) is 11.3 Å². The Morgan fingerprint density at radius 2 is 1.79 bits per heavy atom. The van der Waals surface area contributed by atoms with Crippen LogP contribution in [0, 0.1) is 20.8 Å². The molecule has 9 heteroatoms. The molecule has 5 rings (SSSR count). The monoisotopic (exact) mass is 455 g/mol. The number of para-hydroxylation sites is 1. The molecule has 0 spiro atoms. The molecular weight excluding hydrogens is 430 g/mol. The average molecular weight is 456 g/mol. The molecule has 1 N–H and O–H groups in total. The van der Waals surface area contributed by atoms with Crippen molar-refractivity contribution in [3.05, 3.63) is 94.8 Å². The maximum Gasteiger partial charge on any atom is 0.409 e. The summed E-state index contributed by atoms with van der Waals surface area (Å²) in [5, 5.41) is 15.9. The molecule has 1 atom stereocenters. The third-order valence-corrected chi connectivity index (χ3v) is 5.69. The van der Waals surface area contributed by atoms with Crippen molar-refractivity contribution < 1.29 is 9.53 Å². The molecule has 4 aromatic rings. The van der Waals surface area contributed by atoms with Gasteiger partial charge in [-0.2, -0.15) is 5.10 Å². The fourth-order valence-corrected chi connectivity index (χ4v) is 4.18. The first kappa shape index (κ1) is 21.6. The molecule has 0 fully saturated rings. The van der Waals surface area contributed by atoms with E-state index in [1.165, 1.54) is 0 Å². The number of rotatable bonds is 5. The molecular formula is C25H25N7O2. The van der Waals surface area contributed by atoms with Gasteiger partial charge in [0.15, 0.2) is 12.0 Å². The summed E-state index contributed by atoms with van der Waals surface area (Å²) < 4.78 is 9.20. The van der Waals surface area contributed by atoms with Gasteiger partial charge in [-0.1, -0.05) is 48.5 Å². The maximum absolute atomic E-state index is 12.7. The minimum atomic E-state index is -0.773. The summed E-state index contributed by atoms with van der Waals surface area (Å²) in [5.74, 6) is 1.23. The van der Waals surface area contributed by atoms with E-state index in [4.69, 9.17) is 9.73 Å². The molecule has 1 aliphatic rings. The highest BCUT2D eigenvalue weighted by Gasteiger charge is 2.29. The maximum atomic E-state index is 12.7. The number of nitrogens with zero attached hydrogens (tertiary/aromatic N) is 6. The van der Waals surface area contributed by atoms with Crippen molar-refractivity contribution >= 4 is 11.8 Å². The number of aryl methyl sites for hydroxylation is 3. The molecule has 0 saturated carbocycles. The van der Waals surface area contributed by atoms with Crippen LogP contribution in [0.1, 0.15) is 40.3 Å². The van der Waals surface area contributed by atoms with Crippen molar-refractivity contribution in [1.82, 2.24) is 29.9 Å². The van der Waals surface area contributed by atoms with Crippen molar-refractivity contribution in [1.29, 1.82) is 0 Å². The normalized spacial score (nSPS) is 14.6. The number of aromatic nitrogens is 5. The third-order valence-electron chi connectivity index (χ3n) is 5.69. The molecule has 172 valence electrons. The fraction of sp³-hybridized carbons (Fsp3) is 0.240. The van der Waals surface area contributed by atoms with E-state index in [2.05, 4.69) is 20.6 Å². The number of alkyl carbamates (subject to hydrolysis) is 1. The molecule has 9 nitrogen and oxygen atoms in total. The number of amides is 1. The third kappa shape index (κ3) is 4.07. The van der Waals surface area contributed by atoms with Gasteiger partial charge in [0.1, 0.15) is 12.4 Å². The summed E-state index contributed by atoms with van der Waals surface area (Å²) in [6.45, 7) is 6.43. The van der Waals surface area contributed by atoms with Crippen LogP contribution in [0.2, 0.25) is 0 Å². The number of carbonyl (C=O) groups excluding carboxylic acids is 1. The number of aliphatic imine (C=N–C) groups is 1. The zero-order chi connectivity index (χ0) is 23.7. The van der Waals surface area contributed by atoms with Crippen LogP contribution in [0.25, 0.3) is 5.69 Å². The molecule has 0 bridgehead atoms. The number of hydrogen-bond acceptors (Lipinski definition) is 6. The molecule has 3 heterocycles. The quantitative estimate of drug-likeness (QED) is 0.495. The number of ether oxygens (including phenoxy) is 1. The molecule has 1 unspecified atom stereocenters. The molecule has 34 heavy (non-hydrogen) atoms. The van der Waals surface area contributed by atoms with Gasteiger partial charge in [0.05, 0.1) is 23.6 Å². The Morgan fingerprint density at radius 1 is 1.03 bits per heavy atom. The van der Waals surface area contributed by atoms with E-state index in [-0.39, 0.29) is 6.61 Å². The zero-order valence-corrected chi connectivity index (χ0v) is 19.3. The molecule has 2 aromatic heterocycles. The highest BCUT2D eigenvalue weighted by Crippen LogP contribution is 2.29. The van der Waals surface area contributed by atoms with Crippen LogP contribution in [0.5, 0.6) is 0 Å². The van der Waals surface area contributed by atoms with Gasteiger partial charge in [-0.05, 0) is 32.9 Å². The standard InChI is InChI=1S/C25H25N7O2/c1-16-15-17(2)31(30-16)13-14-34-25(33)27-23-24-29-28-18(3)32(24)21-12-8-7-11-20(21)22(26-23)19-9-5-4-6-10-19/h4-12,15,23H,13-14H2,1-3H3,(H,27,33). The van der Waals surface area contributed by atoms with E-state index in [1.807, 2.05) is 90.7 Å². The van der Waals surface area contributed by atoms with E-state index >= 15 is 0 Å². The van der Waals surface area contributed by atoms with Gasteiger partial charge in [0, 0.05) is 16.8 Å². The Balaban J connectivity index is 1.44. The largest absolute Gasteiger partial charge is 0.448 e. The van der Waals surface area contributed by atoms with Crippen LogP contribution in [-0.4, -0.2) is 43.0 Å². The molecule has 0 aliphatic carbocycles. The van der Waals surface area contributed by atoms with Crippen LogP contribution >= 0.6 is 0 Å². The SMILES string of the molecule is Cc1cc(C)n(CCOC(=O)NC2N=C(c3ccccc3)c3ccccc3-n3c(C)nnc32)n1. The molecule has 2 aromatic carbocycles. The highest BCUT2D eigenvalue weighted by atomic mass is 16.5. The lowest BCUT2D eigenvalue weighted by atomic mass is 10.0. The summed E-state index contributed by atoms with van der Waals surface area (Å²) in [4.78, 5) is 17.7. The average Bonchev–Trinajstić information content (AvgIpc) is 3.33. The van der Waals surface area contributed by atoms with Gasteiger partial charge in [-0.25, -0.2) is 4.79 Å². The minimum absolute atomic E-state index is 0.182. The lowest BCUT2D eigenvalue weighted by Crippen LogP contribution is -2.31. The summed E-state index contributed by atoms with van der Waals surface area (Å²) in [7, 11) is 0. The van der Waals surface area contributed by atoms with Gasteiger partial charge in [0.2, 0.25) is 0 Å². The van der Waals surface area contributed by atoms with Crippen molar-refractivity contribution in [2.75, 3.05) is 6.61 Å². The lowest BCUT2D eigenvalue weighted by molar-refractivity contribution is 0.136. The number of nitrogens with one attached hydrogen (secondary N) is 1. The second-order valence-electron chi connectivity index (χ2n) is 8.13. The summed E-state index contributed by atoms with van der Waals surface area (Å²) in [6.07, 6.45) is -1.36. The second kappa shape index (κ2) is 8.93. The number of fused-ring (bicyclic) bond motifs is 3. The minimum Gasteiger partial charge on any atom is -0.448 e. The van der Waals surface area contributed by atoms with Gasteiger partial charge in [0.25, 0.3) is 0 Å². The van der Waals surface area contributed by atoms with E-state index in [1.54, 1.807) is 0 Å².